The monoisotopic (exact) mass is 838 g/mol. The van der Waals surface area contributed by atoms with Gasteiger partial charge in [0.2, 0.25) is 5.91 Å². The minimum Gasteiger partial charge on any atom is -0.394 e. The van der Waals surface area contributed by atoms with E-state index in [1.807, 2.05) is 0 Å². The summed E-state index contributed by atoms with van der Waals surface area (Å²) in [6.07, 6.45) is 54.7. The number of aliphatic hydroxyl groups excluding tert-OH is 4. The summed E-state index contributed by atoms with van der Waals surface area (Å²) in [4.78, 5) is 12.5. The van der Waals surface area contributed by atoms with Crippen molar-refractivity contribution in [2.75, 3.05) is 6.61 Å². The maximum absolute atomic E-state index is 12.5. The van der Waals surface area contributed by atoms with E-state index in [9.17, 15) is 25.2 Å². The molecule has 0 aliphatic heterocycles. The first-order valence-corrected chi connectivity index (χ1v) is 26.9. The SMILES string of the molecule is CCCCCCCCCCCCCCCCCCCCCCCCCCCCCCCCCC(O)C(=O)N[C@H](CO)[C@H](O)C(O)CCCCCCCCCCCCCC. The van der Waals surface area contributed by atoms with Crippen molar-refractivity contribution in [2.24, 2.45) is 0 Å². The Morgan fingerprint density at radius 2 is 0.576 bits per heavy atom. The summed E-state index contributed by atoms with van der Waals surface area (Å²) in [6, 6.07) is -0.979. The first-order valence-electron chi connectivity index (χ1n) is 26.9. The van der Waals surface area contributed by atoms with Crippen LogP contribution in [0.3, 0.4) is 0 Å². The van der Waals surface area contributed by atoms with E-state index in [4.69, 9.17) is 0 Å². The lowest BCUT2D eigenvalue weighted by Crippen LogP contribution is -2.53. The molecular formula is C53H107NO5. The Bertz CT molecular complexity index is 811. The molecule has 0 aliphatic carbocycles. The molecule has 0 aromatic carbocycles. The zero-order valence-corrected chi connectivity index (χ0v) is 40.0. The molecule has 0 saturated heterocycles. The van der Waals surface area contributed by atoms with Gasteiger partial charge in [-0.15, -0.1) is 0 Å². The number of aliphatic hydroxyl groups is 4. The van der Waals surface area contributed by atoms with Crippen LogP contribution < -0.4 is 5.32 Å². The third-order valence-corrected chi connectivity index (χ3v) is 13.1. The molecule has 4 atom stereocenters. The maximum Gasteiger partial charge on any atom is 0.249 e. The number of carbonyl (C=O) groups excluding carboxylic acids is 1. The van der Waals surface area contributed by atoms with Crippen LogP contribution in [0.15, 0.2) is 0 Å². The van der Waals surface area contributed by atoms with Crippen LogP contribution in [-0.2, 0) is 4.79 Å². The van der Waals surface area contributed by atoms with Crippen LogP contribution in [0.5, 0.6) is 0 Å². The number of unbranched alkanes of at least 4 members (excludes halogenated alkanes) is 41. The third kappa shape index (κ3) is 42.4. The highest BCUT2D eigenvalue weighted by Gasteiger charge is 2.28. The zero-order valence-electron chi connectivity index (χ0n) is 40.0. The third-order valence-electron chi connectivity index (χ3n) is 13.1. The van der Waals surface area contributed by atoms with Gasteiger partial charge in [0.05, 0.1) is 18.8 Å². The first kappa shape index (κ1) is 58.3. The van der Waals surface area contributed by atoms with Crippen molar-refractivity contribution < 1.29 is 25.2 Å². The number of carbonyl (C=O) groups is 1. The number of rotatable bonds is 50. The van der Waals surface area contributed by atoms with Crippen molar-refractivity contribution in [2.45, 2.75) is 327 Å². The molecule has 0 aliphatic rings. The molecule has 1 amide bonds. The van der Waals surface area contributed by atoms with Gasteiger partial charge in [-0.2, -0.15) is 0 Å². The predicted molar refractivity (Wildman–Crippen MR) is 256 cm³/mol. The van der Waals surface area contributed by atoms with E-state index in [2.05, 4.69) is 19.2 Å². The Morgan fingerprint density at radius 3 is 0.814 bits per heavy atom. The summed E-state index contributed by atoms with van der Waals surface area (Å²) in [5.41, 5.74) is 0. The summed E-state index contributed by atoms with van der Waals surface area (Å²) in [7, 11) is 0. The lowest BCUT2D eigenvalue weighted by molar-refractivity contribution is -0.132. The Morgan fingerprint density at radius 1 is 0.356 bits per heavy atom. The van der Waals surface area contributed by atoms with Crippen molar-refractivity contribution in [3.8, 4) is 0 Å². The number of amides is 1. The van der Waals surface area contributed by atoms with Crippen LogP contribution in [-0.4, -0.2) is 57.3 Å². The first-order chi connectivity index (χ1) is 29.0. The molecule has 0 radical (unpaired) electrons. The van der Waals surface area contributed by atoms with E-state index in [1.54, 1.807) is 0 Å². The van der Waals surface area contributed by atoms with Crippen LogP contribution in [0.25, 0.3) is 0 Å². The minimum absolute atomic E-state index is 0.376. The number of hydrogen-bond donors (Lipinski definition) is 5. The lowest BCUT2D eigenvalue weighted by Gasteiger charge is -2.27. The zero-order chi connectivity index (χ0) is 43.1. The fourth-order valence-electron chi connectivity index (χ4n) is 8.82. The molecule has 354 valence electrons. The second-order valence-corrected chi connectivity index (χ2v) is 18.9. The normalized spacial score (nSPS) is 13.8. The highest BCUT2D eigenvalue weighted by atomic mass is 16.3. The summed E-state index contributed by atoms with van der Waals surface area (Å²) in [5, 5.41) is 43.8. The molecule has 0 aromatic rings. The van der Waals surface area contributed by atoms with Gasteiger partial charge in [0.15, 0.2) is 0 Å². The van der Waals surface area contributed by atoms with Crippen LogP contribution >= 0.6 is 0 Å². The quantitative estimate of drug-likeness (QED) is 0.0392. The van der Waals surface area contributed by atoms with Crippen molar-refractivity contribution in [1.29, 1.82) is 0 Å². The average Bonchev–Trinajstić information content (AvgIpc) is 3.24. The molecule has 2 unspecified atom stereocenters. The van der Waals surface area contributed by atoms with Crippen LogP contribution in [0.1, 0.15) is 303 Å². The molecular weight excluding hydrogens is 731 g/mol. The van der Waals surface area contributed by atoms with E-state index < -0.39 is 36.9 Å². The van der Waals surface area contributed by atoms with Crippen molar-refractivity contribution in [1.82, 2.24) is 5.32 Å². The molecule has 6 nitrogen and oxygen atoms in total. The van der Waals surface area contributed by atoms with E-state index in [1.165, 1.54) is 238 Å². The molecule has 0 bridgehead atoms. The molecule has 0 heterocycles. The Labute approximate surface area is 369 Å². The molecule has 0 fully saturated rings. The predicted octanol–water partition coefficient (Wildman–Crippen LogP) is 15.1. The highest BCUT2D eigenvalue weighted by molar-refractivity contribution is 5.80. The summed E-state index contributed by atoms with van der Waals surface area (Å²) < 4.78 is 0. The van der Waals surface area contributed by atoms with Crippen LogP contribution in [0, 0.1) is 0 Å². The summed E-state index contributed by atoms with van der Waals surface area (Å²) in [5.74, 6) is -0.578. The van der Waals surface area contributed by atoms with Gasteiger partial charge in [-0.25, -0.2) is 0 Å². The average molecular weight is 838 g/mol. The second-order valence-electron chi connectivity index (χ2n) is 18.9. The smallest absolute Gasteiger partial charge is 0.249 e. The largest absolute Gasteiger partial charge is 0.394 e. The maximum atomic E-state index is 12.5. The van der Waals surface area contributed by atoms with Crippen LogP contribution in [0.2, 0.25) is 0 Å². The topological polar surface area (TPSA) is 110 Å². The van der Waals surface area contributed by atoms with Gasteiger partial charge >= 0.3 is 0 Å². The Balaban J connectivity index is 3.51. The van der Waals surface area contributed by atoms with Gasteiger partial charge in [0.1, 0.15) is 12.2 Å². The molecule has 0 saturated carbocycles. The van der Waals surface area contributed by atoms with Gasteiger partial charge in [-0.3, -0.25) is 4.79 Å². The van der Waals surface area contributed by atoms with E-state index in [-0.39, 0.29) is 0 Å². The van der Waals surface area contributed by atoms with Crippen molar-refractivity contribution in [3.63, 3.8) is 0 Å². The van der Waals surface area contributed by atoms with E-state index in [0.717, 1.165) is 38.5 Å². The van der Waals surface area contributed by atoms with Gasteiger partial charge in [-0.1, -0.05) is 290 Å². The van der Waals surface area contributed by atoms with E-state index in [0.29, 0.717) is 12.8 Å². The van der Waals surface area contributed by atoms with E-state index >= 15 is 0 Å². The van der Waals surface area contributed by atoms with Crippen molar-refractivity contribution >= 4 is 5.91 Å². The minimum atomic E-state index is -1.25. The molecule has 0 spiro atoms. The fourth-order valence-corrected chi connectivity index (χ4v) is 8.82. The molecule has 6 heteroatoms. The summed E-state index contributed by atoms with van der Waals surface area (Å²) >= 11 is 0. The number of hydrogen-bond acceptors (Lipinski definition) is 5. The molecule has 0 aromatic heterocycles. The second kappa shape index (κ2) is 48.3. The molecule has 59 heavy (non-hydrogen) atoms. The van der Waals surface area contributed by atoms with Gasteiger partial charge in [-0.05, 0) is 12.8 Å². The Kier molecular flexibility index (Phi) is 47.8. The standard InChI is InChI=1S/C53H107NO5/c1-3-5-7-9-11-13-15-17-18-19-20-21-22-23-24-25-26-27-28-29-30-31-32-33-34-35-37-39-41-43-45-47-51(57)53(59)54-49(48-55)52(58)50(56)46-44-42-40-38-36-16-14-12-10-8-6-4-2/h49-52,55-58H,3-48H2,1-2H3,(H,54,59)/t49-,50?,51?,52+/m1/s1. The van der Waals surface area contributed by atoms with Gasteiger partial charge in [0, 0.05) is 0 Å². The fraction of sp³-hybridized carbons (Fsp3) is 0.981. The van der Waals surface area contributed by atoms with Crippen molar-refractivity contribution in [3.05, 3.63) is 0 Å². The van der Waals surface area contributed by atoms with Gasteiger partial charge in [0.25, 0.3) is 0 Å². The van der Waals surface area contributed by atoms with Crippen LogP contribution in [0.4, 0.5) is 0 Å². The molecule has 0 rings (SSSR count). The Hall–Kier alpha value is -0.690. The summed E-state index contributed by atoms with van der Waals surface area (Å²) in [6.45, 7) is 4.07. The highest BCUT2D eigenvalue weighted by Crippen LogP contribution is 2.18. The number of nitrogens with one attached hydrogen (secondary N) is 1. The molecule has 5 N–H and O–H groups in total. The van der Waals surface area contributed by atoms with Gasteiger partial charge < -0.3 is 25.7 Å². The lowest BCUT2D eigenvalue weighted by atomic mass is 9.99.